The van der Waals surface area contributed by atoms with Crippen LogP contribution in [0.15, 0.2) is 135 Å². The highest BCUT2D eigenvalue weighted by atomic mass is 32.2. The Morgan fingerprint density at radius 1 is 0.854 bits per heavy atom. The van der Waals surface area contributed by atoms with Gasteiger partial charge in [0.05, 0.1) is 28.2 Å². The van der Waals surface area contributed by atoms with Gasteiger partial charge in [0.15, 0.2) is 5.78 Å². The second-order valence-electron chi connectivity index (χ2n) is 10.6. The Hall–Kier alpha value is -4.35. The molecular weight excluding hydrogens is 522 g/mol. The maximum atomic E-state index is 13.6. The topological polar surface area (TPSA) is 35.9 Å². The van der Waals surface area contributed by atoms with Gasteiger partial charge in [-0.25, -0.2) is 0 Å². The van der Waals surface area contributed by atoms with Crippen molar-refractivity contribution in [3.63, 3.8) is 0 Å². The number of ketones is 1. The number of para-hydroxylation sites is 1. The average Bonchev–Trinajstić information content (AvgIpc) is 3.74. The fourth-order valence-electron chi connectivity index (χ4n) is 6.01. The predicted octanol–water partition coefficient (Wildman–Crippen LogP) is 8.63. The first-order valence-corrected chi connectivity index (χ1v) is 15.1. The smallest absolute Gasteiger partial charge is 0.187 e. The number of rotatable bonds is 5. The Morgan fingerprint density at radius 3 is 2.32 bits per heavy atom. The summed E-state index contributed by atoms with van der Waals surface area (Å²) in [5.41, 5.74) is 8.63. The number of Topliss-reactive ketones (excluding diaryl/α,β-unsaturated/α-hetero) is 1. The monoisotopic (exact) mass is 553 g/mol. The lowest BCUT2D eigenvalue weighted by atomic mass is 9.98. The fourth-order valence-corrected chi connectivity index (χ4v) is 7.30. The molecule has 41 heavy (non-hydrogen) atoms. The molecule has 1 aliphatic carbocycles. The number of benzene rings is 4. The second-order valence-corrected chi connectivity index (χ2v) is 11.6. The average molecular weight is 554 g/mol. The van der Waals surface area contributed by atoms with E-state index in [0.717, 1.165) is 64.5 Å². The van der Waals surface area contributed by atoms with Crippen molar-refractivity contribution in [3.05, 3.63) is 142 Å². The Morgan fingerprint density at radius 2 is 1.56 bits per heavy atom. The number of hydrazone groups is 1. The molecule has 0 saturated heterocycles. The Bertz CT molecular complexity index is 1690. The van der Waals surface area contributed by atoms with Gasteiger partial charge < -0.3 is 4.90 Å². The Balaban J connectivity index is 1.15. The van der Waals surface area contributed by atoms with Crippen LogP contribution in [0.5, 0.6) is 0 Å². The maximum Gasteiger partial charge on any atom is 0.187 e. The number of nitrogens with zero attached hydrogens (tertiary/aromatic N) is 3. The summed E-state index contributed by atoms with van der Waals surface area (Å²) < 4.78 is 0. The summed E-state index contributed by atoms with van der Waals surface area (Å²) in [6.45, 7) is 3.00. The highest BCUT2D eigenvalue weighted by Crippen LogP contribution is 2.49. The van der Waals surface area contributed by atoms with Crippen LogP contribution in [0.1, 0.15) is 48.9 Å². The molecule has 3 aliphatic rings. The van der Waals surface area contributed by atoms with E-state index in [2.05, 4.69) is 126 Å². The molecule has 1 atom stereocenters. The van der Waals surface area contributed by atoms with E-state index in [1.165, 1.54) is 16.1 Å². The van der Waals surface area contributed by atoms with Gasteiger partial charge in [-0.2, -0.15) is 5.10 Å². The van der Waals surface area contributed by atoms with Crippen molar-refractivity contribution < 1.29 is 4.79 Å². The number of carbonyl (C=O) groups excluding carboxylic acids is 1. The molecule has 2 heterocycles. The summed E-state index contributed by atoms with van der Waals surface area (Å²) in [6.07, 6.45) is 4.49. The van der Waals surface area contributed by atoms with Crippen molar-refractivity contribution in [2.24, 2.45) is 5.10 Å². The van der Waals surface area contributed by atoms with E-state index in [9.17, 15) is 4.79 Å². The van der Waals surface area contributed by atoms with Crippen LogP contribution in [0, 0.1) is 0 Å². The van der Waals surface area contributed by atoms with Crippen LogP contribution in [0.2, 0.25) is 0 Å². The molecule has 4 aromatic rings. The van der Waals surface area contributed by atoms with Crippen molar-refractivity contribution in [3.8, 4) is 0 Å². The molecule has 7 rings (SSSR count). The molecule has 2 aliphatic heterocycles. The first-order chi connectivity index (χ1) is 20.2. The standard InChI is InChI=1S/C36H31N3OS/c1-2-38-32-15-9-10-16-34(32)41-36(38)30-22-19-28(35(30)40)23-25-17-20-29(21-18-25)39-33(27-13-7-4-8-14-27)24-31(37-39)26-11-5-3-6-12-26/h3-18,20-21,23,33H,2,19,22,24H2,1H3/b28-23+,36-30-. The van der Waals surface area contributed by atoms with Gasteiger partial charge in [0.2, 0.25) is 0 Å². The fraction of sp³-hybridized carbons (Fsp3) is 0.167. The summed E-state index contributed by atoms with van der Waals surface area (Å²) >= 11 is 1.73. The molecule has 1 saturated carbocycles. The van der Waals surface area contributed by atoms with Crippen molar-refractivity contribution in [2.45, 2.75) is 37.1 Å². The molecule has 0 aromatic heterocycles. The molecule has 0 amide bonds. The van der Waals surface area contributed by atoms with E-state index in [0.29, 0.717) is 0 Å². The van der Waals surface area contributed by atoms with E-state index in [-0.39, 0.29) is 11.8 Å². The summed E-state index contributed by atoms with van der Waals surface area (Å²) in [5, 5.41) is 8.33. The predicted molar refractivity (Wildman–Crippen MR) is 170 cm³/mol. The third kappa shape index (κ3) is 4.81. The summed E-state index contributed by atoms with van der Waals surface area (Å²) in [5.74, 6) is 0.184. The maximum absolute atomic E-state index is 13.6. The number of hydrogen-bond acceptors (Lipinski definition) is 5. The lowest BCUT2D eigenvalue weighted by Gasteiger charge is -2.24. The third-order valence-electron chi connectivity index (χ3n) is 8.09. The molecule has 4 aromatic carbocycles. The molecule has 0 bridgehead atoms. The van der Waals surface area contributed by atoms with E-state index in [1.807, 2.05) is 6.07 Å². The number of carbonyl (C=O) groups is 1. The molecule has 0 N–H and O–H groups in total. The van der Waals surface area contributed by atoms with E-state index >= 15 is 0 Å². The van der Waals surface area contributed by atoms with Crippen LogP contribution >= 0.6 is 11.8 Å². The number of fused-ring (bicyclic) bond motifs is 1. The van der Waals surface area contributed by atoms with E-state index in [1.54, 1.807) is 11.8 Å². The molecule has 1 fully saturated rings. The minimum atomic E-state index is 0.135. The highest BCUT2D eigenvalue weighted by molar-refractivity contribution is 8.03. The first kappa shape index (κ1) is 25.6. The number of anilines is 2. The number of hydrogen-bond donors (Lipinski definition) is 0. The van der Waals surface area contributed by atoms with Gasteiger partial charge in [-0.3, -0.25) is 9.80 Å². The van der Waals surface area contributed by atoms with Gasteiger partial charge >= 0.3 is 0 Å². The quantitative estimate of drug-likeness (QED) is 0.232. The zero-order valence-electron chi connectivity index (χ0n) is 23.0. The first-order valence-electron chi connectivity index (χ1n) is 14.3. The molecular formula is C36H31N3OS. The zero-order chi connectivity index (χ0) is 27.8. The van der Waals surface area contributed by atoms with Gasteiger partial charge in [-0.05, 0) is 66.8 Å². The second kappa shape index (κ2) is 10.9. The Kier molecular flexibility index (Phi) is 6.81. The SMILES string of the molecule is CCN1/C(=C2\CC/C(=C\c3ccc(N4N=C(c5ccccc5)CC4c4ccccc4)cc3)C2=O)Sc2ccccc21. The zero-order valence-corrected chi connectivity index (χ0v) is 23.9. The molecule has 4 nitrogen and oxygen atoms in total. The lowest BCUT2D eigenvalue weighted by molar-refractivity contribution is -0.111. The highest BCUT2D eigenvalue weighted by Gasteiger charge is 2.33. The van der Waals surface area contributed by atoms with Gasteiger partial charge in [0.25, 0.3) is 0 Å². The van der Waals surface area contributed by atoms with Gasteiger partial charge in [0, 0.05) is 29.0 Å². The largest absolute Gasteiger partial charge is 0.335 e. The summed E-state index contributed by atoms with van der Waals surface area (Å²) in [4.78, 5) is 17.1. The number of allylic oxidation sites excluding steroid dienone is 2. The van der Waals surface area contributed by atoms with Crippen molar-refractivity contribution in [2.75, 3.05) is 16.5 Å². The molecule has 1 unspecified atom stereocenters. The Labute approximate surface area is 245 Å². The number of thioether (sulfide) groups is 1. The van der Waals surface area contributed by atoms with E-state index in [4.69, 9.17) is 5.10 Å². The summed E-state index contributed by atoms with van der Waals surface area (Å²) in [7, 11) is 0. The third-order valence-corrected chi connectivity index (χ3v) is 9.32. The molecule has 5 heteroatoms. The lowest BCUT2D eigenvalue weighted by Crippen LogP contribution is -2.19. The minimum Gasteiger partial charge on any atom is -0.335 e. The molecule has 0 spiro atoms. The molecule has 0 radical (unpaired) electrons. The van der Waals surface area contributed by atoms with Crippen LogP contribution < -0.4 is 9.91 Å². The van der Waals surface area contributed by atoms with Crippen LogP contribution in [0.3, 0.4) is 0 Å². The van der Waals surface area contributed by atoms with Crippen LogP contribution in [-0.2, 0) is 4.79 Å². The van der Waals surface area contributed by atoms with Gasteiger partial charge in [-0.15, -0.1) is 0 Å². The van der Waals surface area contributed by atoms with Crippen LogP contribution in [0.25, 0.3) is 6.08 Å². The van der Waals surface area contributed by atoms with Gasteiger partial charge in [-0.1, -0.05) is 96.7 Å². The van der Waals surface area contributed by atoms with Crippen LogP contribution in [0.4, 0.5) is 11.4 Å². The van der Waals surface area contributed by atoms with Gasteiger partial charge in [0.1, 0.15) is 0 Å². The normalized spacial score (nSPS) is 21.1. The van der Waals surface area contributed by atoms with Crippen molar-refractivity contribution >= 4 is 40.7 Å². The van der Waals surface area contributed by atoms with Crippen molar-refractivity contribution in [1.29, 1.82) is 0 Å². The molecule has 202 valence electrons. The van der Waals surface area contributed by atoms with Crippen LogP contribution in [-0.4, -0.2) is 18.0 Å². The summed E-state index contributed by atoms with van der Waals surface area (Å²) in [6, 6.07) is 38.1. The van der Waals surface area contributed by atoms with Crippen molar-refractivity contribution in [1.82, 2.24) is 0 Å². The van der Waals surface area contributed by atoms with E-state index < -0.39 is 0 Å². The minimum absolute atomic E-state index is 0.135.